The van der Waals surface area contributed by atoms with E-state index in [0.29, 0.717) is 0 Å². The van der Waals surface area contributed by atoms with Crippen molar-refractivity contribution in [1.82, 2.24) is 15.0 Å². The quantitative estimate of drug-likeness (QED) is 0.861. The average Bonchev–Trinajstić information content (AvgIpc) is 2.63. The number of nitrogen functional groups attached to an aromatic ring is 1. The molecular weight excluding hydrogens is 316 g/mol. The maximum Gasteiger partial charge on any atom is 0.232 e. The van der Waals surface area contributed by atoms with Gasteiger partial charge in [0.25, 0.3) is 0 Å². The average molecular weight is 336 g/mol. The zero-order valence-electron chi connectivity index (χ0n) is 13.9. The van der Waals surface area contributed by atoms with E-state index < -0.39 is 5.92 Å². The largest absolute Gasteiger partial charge is 0.368 e. The van der Waals surface area contributed by atoms with Gasteiger partial charge in [0.1, 0.15) is 0 Å². The van der Waals surface area contributed by atoms with Crippen LogP contribution in [-0.4, -0.2) is 20.7 Å². The van der Waals surface area contributed by atoms with Crippen LogP contribution in [0.5, 0.6) is 0 Å². The molecule has 3 rings (SSSR count). The first-order valence-corrected chi connectivity index (χ1v) is 8.44. The zero-order valence-corrected chi connectivity index (χ0v) is 13.9. The van der Waals surface area contributed by atoms with E-state index >= 15 is 0 Å². The predicted octanol–water partition coefficient (Wildman–Crippen LogP) is 2.95. The molecule has 128 valence electrons. The van der Waals surface area contributed by atoms with Crippen molar-refractivity contribution in [3.63, 3.8) is 0 Å². The summed E-state index contributed by atoms with van der Waals surface area (Å²) in [5.41, 5.74) is 6.54. The third kappa shape index (κ3) is 4.10. The van der Waals surface area contributed by atoms with Gasteiger partial charge in [-0.2, -0.15) is 20.2 Å². The third-order valence-electron chi connectivity index (χ3n) is 4.38. The van der Waals surface area contributed by atoms with Crippen LogP contribution in [0.15, 0.2) is 30.3 Å². The Morgan fingerprint density at radius 2 is 1.88 bits per heavy atom. The van der Waals surface area contributed by atoms with Crippen LogP contribution >= 0.6 is 0 Å². The number of nitrogens with one attached hydrogen (secondary N) is 1. The molecule has 1 atom stereocenters. The molecule has 3 N–H and O–H groups in total. The van der Waals surface area contributed by atoms with Crippen molar-refractivity contribution in [3.05, 3.63) is 36.2 Å². The molecule has 1 heterocycles. The second-order valence-electron chi connectivity index (χ2n) is 6.17. The summed E-state index contributed by atoms with van der Waals surface area (Å²) in [6.07, 6.45) is 4.84. The number of rotatable bonds is 5. The Labute approximate surface area is 146 Å². The number of hydrogen-bond donors (Lipinski definition) is 2. The highest BCUT2D eigenvalue weighted by molar-refractivity contribution is 5.89. The molecule has 25 heavy (non-hydrogen) atoms. The molecule has 1 aromatic heterocycles. The lowest BCUT2D eigenvalue weighted by Crippen LogP contribution is -2.25. The standard InChI is InChI=1S/C18H20N6O/c19-11-14(15(25)12-7-3-1-4-8-12)16-22-17(20)24-18(23-16)21-13-9-5-2-6-10-13/h2,5-6,9-10,12,14H,1,3-4,7-8H2,(H3,20,21,22,23,24)/t14-/m1/s1. The Morgan fingerprint density at radius 1 is 1.16 bits per heavy atom. The van der Waals surface area contributed by atoms with E-state index in [1.54, 1.807) is 0 Å². The van der Waals surface area contributed by atoms with E-state index in [1.165, 1.54) is 0 Å². The van der Waals surface area contributed by atoms with Crippen molar-refractivity contribution >= 4 is 23.4 Å². The van der Waals surface area contributed by atoms with E-state index in [0.717, 1.165) is 37.8 Å². The first-order chi connectivity index (χ1) is 12.2. The number of aromatic nitrogens is 3. The second kappa shape index (κ2) is 7.71. The van der Waals surface area contributed by atoms with Gasteiger partial charge < -0.3 is 11.1 Å². The first kappa shape index (κ1) is 16.8. The van der Waals surface area contributed by atoms with Crippen LogP contribution in [-0.2, 0) is 4.79 Å². The molecule has 1 aliphatic carbocycles. The molecule has 7 nitrogen and oxygen atoms in total. The van der Waals surface area contributed by atoms with Crippen LogP contribution in [0.1, 0.15) is 43.8 Å². The summed E-state index contributed by atoms with van der Waals surface area (Å²) in [4.78, 5) is 25.1. The number of nitrogens with two attached hydrogens (primary N) is 1. The third-order valence-corrected chi connectivity index (χ3v) is 4.38. The van der Waals surface area contributed by atoms with Crippen molar-refractivity contribution in [3.8, 4) is 6.07 Å². The summed E-state index contributed by atoms with van der Waals surface area (Å²) in [5.74, 6) is -0.889. The molecule has 0 amide bonds. The lowest BCUT2D eigenvalue weighted by Gasteiger charge is -2.22. The van der Waals surface area contributed by atoms with E-state index in [2.05, 4.69) is 20.3 Å². The highest BCUT2D eigenvalue weighted by Crippen LogP contribution is 2.29. The topological polar surface area (TPSA) is 118 Å². The maximum absolute atomic E-state index is 12.7. The smallest absolute Gasteiger partial charge is 0.232 e. The van der Waals surface area contributed by atoms with Gasteiger partial charge >= 0.3 is 0 Å². The Bertz CT molecular complexity index is 780. The lowest BCUT2D eigenvalue weighted by atomic mass is 9.82. The summed E-state index contributed by atoms with van der Waals surface area (Å²) < 4.78 is 0. The number of benzene rings is 1. The van der Waals surface area contributed by atoms with Crippen LogP contribution in [0.2, 0.25) is 0 Å². The van der Waals surface area contributed by atoms with Crippen LogP contribution in [0, 0.1) is 17.2 Å². The Balaban J connectivity index is 1.84. The van der Waals surface area contributed by atoms with Crippen molar-refractivity contribution in [2.75, 3.05) is 11.1 Å². The van der Waals surface area contributed by atoms with Gasteiger partial charge in [0.2, 0.25) is 11.9 Å². The zero-order chi connectivity index (χ0) is 17.6. The summed E-state index contributed by atoms with van der Waals surface area (Å²) >= 11 is 0. The van der Waals surface area contributed by atoms with E-state index in [-0.39, 0.29) is 29.4 Å². The van der Waals surface area contributed by atoms with Crippen LogP contribution < -0.4 is 11.1 Å². The summed E-state index contributed by atoms with van der Waals surface area (Å²) in [6.45, 7) is 0. The Kier molecular flexibility index (Phi) is 5.19. The SMILES string of the molecule is N#C[C@H](C(=O)C1CCCCC1)c1nc(N)nc(Nc2ccccc2)n1. The van der Waals surface area contributed by atoms with E-state index in [1.807, 2.05) is 36.4 Å². The van der Waals surface area contributed by atoms with Gasteiger partial charge in [-0.3, -0.25) is 4.79 Å². The summed E-state index contributed by atoms with van der Waals surface area (Å²) in [6, 6.07) is 11.4. The molecule has 0 aliphatic heterocycles. The van der Waals surface area contributed by atoms with Gasteiger partial charge in [-0.15, -0.1) is 0 Å². The molecule has 0 saturated heterocycles. The first-order valence-electron chi connectivity index (χ1n) is 8.44. The molecule has 1 aromatic carbocycles. The molecule has 2 aromatic rings. The number of hydrogen-bond acceptors (Lipinski definition) is 7. The molecule has 0 unspecified atom stereocenters. The van der Waals surface area contributed by atoms with Crippen molar-refractivity contribution in [2.24, 2.45) is 5.92 Å². The molecule has 0 bridgehead atoms. The van der Waals surface area contributed by atoms with Gasteiger partial charge in [-0.05, 0) is 25.0 Å². The van der Waals surface area contributed by atoms with Crippen molar-refractivity contribution in [1.29, 1.82) is 5.26 Å². The molecule has 1 fully saturated rings. The summed E-state index contributed by atoms with van der Waals surface area (Å²) in [7, 11) is 0. The predicted molar refractivity (Wildman–Crippen MR) is 93.9 cm³/mol. The molecule has 7 heteroatoms. The molecule has 0 spiro atoms. The number of nitrogens with zero attached hydrogens (tertiary/aromatic N) is 4. The number of para-hydroxylation sites is 1. The highest BCUT2D eigenvalue weighted by atomic mass is 16.1. The molecule has 1 aliphatic rings. The van der Waals surface area contributed by atoms with Gasteiger partial charge in [0.15, 0.2) is 17.5 Å². The fourth-order valence-electron chi connectivity index (χ4n) is 3.12. The van der Waals surface area contributed by atoms with Crippen molar-refractivity contribution < 1.29 is 4.79 Å². The normalized spacial score (nSPS) is 16.0. The molecule has 0 radical (unpaired) electrons. The van der Waals surface area contributed by atoms with Crippen LogP contribution in [0.3, 0.4) is 0 Å². The van der Waals surface area contributed by atoms with E-state index in [9.17, 15) is 10.1 Å². The van der Waals surface area contributed by atoms with Gasteiger partial charge in [-0.1, -0.05) is 37.5 Å². The summed E-state index contributed by atoms with van der Waals surface area (Å²) in [5, 5.41) is 12.5. The Hall–Kier alpha value is -3.01. The fourth-order valence-corrected chi connectivity index (χ4v) is 3.12. The lowest BCUT2D eigenvalue weighted by molar-refractivity contribution is -0.124. The van der Waals surface area contributed by atoms with Crippen LogP contribution in [0.25, 0.3) is 0 Å². The number of Topliss-reactive ketones (excluding diaryl/α,β-unsaturated/α-hetero) is 1. The van der Waals surface area contributed by atoms with E-state index in [4.69, 9.17) is 5.73 Å². The van der Waals surface area contributed by atoms with Gasteiger partial charge in [0.05, 0.1) is 6.07 Å². The van der Waals surface area contributed by atoms with Crippen LogP contribution in [0.4, 0.5) is 17.6 Å². The molecule has 1 saturated carbocycles. The minimum atomic E-state index is -1.01. The minimum absolute atomic E-state index is 0.0138. The monoisotopic (exact) mass is 336 g/mol. The number of anilines is 3. The Morgan fingerprint density at radius 3 is 2.56 bits per heavy atom. The number of ketones is 1. The van der Waals surface area contributed by atoms with Gasteiger partial charge in [-0.25, -0.2) is 0 Å². The number of carbonyl (C=O) groups is 1. The number of carbonyl (C=O) groups excluding carboxylic acids is 1. The van der Waals surface area contributed by atoms with Gasteiger partial charge in [0, 0.05) is 11.6 Å². The second-order valence-corrected chi connectivity index (χ2v) is 6.17. The minimum Gasteiger partial charge on any atom is -0.368 e. The molecular formula is C18H20N6O. The highest BCUT2D eigenvalue weighted by Gasteiger charge is 2.31. The maximum atomic E-state index is 12.7. The number of nitriles is 1. The fraction of sp³-hybridized carbons (Fsp3) is 0.389. The van der Waals surface area contributed by atoms with Crippen molar-refractivity contribution in [2.45, 2.75) is 38.0 Å².